The highest BCUT2D eigenvalue weighted by atomic mass is 35.5. The zero-order chi connectivity index (χ0) is 27.5. The van der Waals surface area contributed by atoms with Crippen LogP contribution in [-0.4, -0.2) is 96.2 Å². The van der Waals surface area contributed by atoms with Gasteiger partial charge in [-0.25, -0.2) is 0 Å². The van der Waals surface area contributed by atoms with Crippen molar-refractivity contribution in [2.75, 3.05) is 33.3 Å². The Bertz CT molecular complexity index is 1060. The van der Waals surface area contributed by atoms with Crippen molar-refractivity contribution in [1.29, 1.82) is 0 Å². The summed E-state index contributed by atoms with van der Waals surface area (Å²) in [6.45, 7) is 3.51. The second-order valence-corrected chi connectivity index (χ2v) is 11.6. The molecule has 10 nitrogen and oxygen atoms in total. The van der Waals surface area contributed by atoms with E-state index in [0.29, 0.717) is 39.1 Å². The molecule has 1 aliphatic carbocycles. The van der Waals surface area contributed by atoms with Crippen LogP contribution in [-0.2, 0) is 14.4 Å². The van der Waals surface area contributed by atoms with Gasteiger partial charge >= 0.3 is 0 Å². The van der Waals surface area contributed by atoms with Crippen LogP contribution < -0.4 is 20.7 Å². The van der Waals surface area contributed by atoms with Crippen molar-refractivity contribution in [3.8, 4) is 5.75 Å². The lowest BCUT2D eigenvalue weighted by molar-refractivity contribution is -0.149. The van der Waals surface area contributed by atoms with Crippen molar-refractivity contribution in [2.45, 2.75) is 88.2 Å². The molecule has 1 aromatic carbocycles. The van der Waals surface area contributed by atoms with Gasteiger partial charge in [0.25, 0.3) is 0 Å². The zero-order valence-corrected chi connectivity index (χ0v) is 25.6. The molecule has 0 spiro atoms. The number of likely N-dealkylation sites (N-methyl/N-ethyl adjacent to an activating group) is 1. The number of nitrogens with zero attached hydrogens (tertiary/aromatic N) is 2. The number of amides is 3. The van der Waals surface area contributed by atoms with Crippen LogP contribution in [0, 0.1) is 5.92 Å². The number of fused-ring (bicyclic) bond motifs is 2. The van der Waals surface area contributed by atoms with Crippen molar-refractivity contribution in [2.24, 2.45) is 5.92 Å². The molecule has 230 valence electrons. The molecule has 5 rings (SSSR count). The fourth-order valence-electron chi connectivity index (χ4n) is 6.71. The molecule has 1 saturated carbocycles. The number of para-hydroxylation sites is 1. The largest absolute Gasteiger partial charge is 0.493 e. The van der Waals surface area contributed by atoms with Crippen LogP contribution in [0.15, 0.2) is 24.3 Å². The predicted octanol–water partition coefficient (Wildman–Crippen LogP) is 1.79. The average molecular weight is 615 g/mol. The Morgan fingerprint density at radius 2 is 1.76 bits per heavy atom. The standard InChI is InChI=1S/C29H43N5O5.2ClH/c1-18(30-2)27(36)32-26(19-8-4-3-5-9-19)29(38)34-15-20-14-21(35)16-33(20)17-24(34)28(37)31-23-12-13-39-25-11-7-6-10-22(23)25;;/h6-7,10-11,18-21,23-24,26,30,35H,3-5,8-9,12-17H2,1-2H3,(H,31,37)(H,32,36);2*1H/t18-,20+,21+,23+,24-,26-;;/m0../s1. The minimum Gasteiger partial charge on any atom is -0.493 e. The lowest BCUT2D eigenvalue weighted by Crippen LogP contribution is -2.66. The molecule has 12 heteroatoms. The summed E-state index contributed by atoms with van der Waals surface area (Å²) in [5, 5.41) is 19.6. The van der Waals surface area contributed by atoms with Crippen LogP contribution in [0.2, 0.25) is 0 Å². The molecule has 0 unspecified atom stereocenters. The number of benzene rings is 1. The SMILES string of the molecule is CN[C@@H](C)C(=O)N[C@H](C(=O)N1C[C@H]2C[C@@H](O)CN2C[C@H]1C(=O)N[C@@H]1CCOc2ccccc21)C1CCCCC1.Cl.Cl. The Labute approximate surface area is 255 Å². The molecule has 41 heavy (non-hydrogen) atoms. The zero-order valence-electron chi connectivity index (χ0n) is 23.9. The van der Waals surface area contributed by atoms with E-state index in [1.54, 1.807) is 18.9 Å². The maximum atomic E-state index is 14.3. The maximum Gasteiger partial charge on any atom is 0.246 e. The number of rotatable bonds is 7. The molecule has 3 heterocycles. The first-order valence-electron chi connectivity index (χ1n) is 14.6. The summed E-state index contributed by atoms with van der Waals surface area (Å²) in [7, 11) is 1.72. The first kappa shape index (κ1) is 33.4. The van der Waals surface area contributed by atoms with Gasteiger partial charge < -0.3 is 30.7 Å². The number of ether oxygens (including phenoxy) is 1. The molecular weight excluding hydrogens is 569 g/mol. The molecule has 6 atom stereocenters. The van der Waals surface area contributed by atoms with Crippen molar-refractivity contribution >= 4 is 42.5 Å². The summed E-state index contributed by atoms with van der Waals surface area (Å²) in [5.41, 5.74) is 0.939. The van der Waals surface area contributed by atoms with Gasteiger partial charge in [-0.3, -0.25) is 19.3 Å². The van der Waals surface area contributed by atoms with Gasteiger partial charge in [0.1, 0.15) is 17.8 Å². The van der Waals surface area contributed by atoms with E-state index in [2.05, 4.69) is 20.9 Å². The van der Waals surface area contributed by atoms with Crippen molar-refractivity contribution < 1.29 is 24.2 Å². The smallest absolute Gasteiger partial charge is 0.246 e. The van der Waals surface area contributed by atoms with Gasteiger partial charge in [0.15, 0.2) is 0 Å². The molecule has 0 radical (unpaired) electrons. The molecule has 1 aromatic rings. The quantitative estimate of drug-likeness (QED) is 0.370. The lowest BCUT2D eigenvalue weighted by Gasteiger charge is -2.45. The van der Waals surface area contributed by atoms with E-state index in [9.17, 15) is 19.5 Å². The summed E-state index contributed by atoms with van der Waals surface area (Å²) in [4.78, 5) is 45.0. The van der Waals surface area contributed by atoms with Crippen LogP contribution in [0.4, 0.5) is 0 Å². The van der Waals surface area contributed by atoms with E-state index < -0.39 is 24.2 Å². The molecule has 3 aliphatic heterocycles. The number of aliphatic hydroxyl groups is 1. The lowest BCUT2D eigenvalue weighted by atomic mass is 9.82. The third kappa shape index (κ3) is 7.46. The highest BCUT2D eigenvalue weighted by Gasteiger charge is 2.47. The Morgan fingerprint density at radius 3 is 2.49 bits per heavy atom. The maximum absolute atomic E-state index is 14.3. The number of carbonyl (C=O) groups excluding carboxylic acids is 3. The van der Waals surface area contributed by atoms with Crippen molar-refractivity contribution in [1.82, 2.24) is 25.8 Å². The molecule has 4 aliphatic rings. The summed E-state index contributed by atoms with van der Waals surface area (Å²) < 4.78 is 5.78. The molecule has 2 saturated heterocycles. The average Bonchev–Trinajstić information content (AvgIpc) is 3.33. The predicted molar refractivity (Wildman–Crippen MR) is 160 cm³/mol. The number of hydrogen-bond donors (Lipinski definition) is 4. The van der Waals surface area contributed by atoms with Gasteiger partial charge in [0.2, 0.25) is 17.7 Å². The van der Waals surface area contributed by atoms with Gasteiger partial charge in [-0.05, 0) is 45.2 Å². The van der Waals surface area contributed by atoms with Crippen LogP contribution in [0.3, 0.4) is 0 Å². The third-order valence-corrected chi connectivity index (χ3v) is 9.07. The summed E-state index contributed by atoms with van der Waals surface area (Å²) >= 11 is 0. The highest BCUT2D eigenvalue weighted by molar-refractivity contribution is 5.93. The summed E-state index contributed by atoms with van der Waals surface area (Å²) in [6, 6.07) is 5.70. The summed E-state index contributed by atoms with van der Waals surface area (Å²) in [5.74, 6) is 0.204. The summed E-state index contributed by atoms with van der Waals surface area (Å²) in [6.07, 6.45) is 5.70. The first-order chi connectivity index (χ1) is 18.9. The number of nitrogens with one attached hydrogen (secondary N) is 3. The second-order valence-electron chi connectivity index (χ2n) is 11.6. The minimum absolute atomic E-state index is 0. The molecule has 4 N–H and O–H groups in total. The fourth-order valence-corrected chi connectivity index (χ4v) is 6.71. The number of piperazine rings is 1. The Morgan fingerprint density at radius 1 is 1.02 bits per heavy atom. The number of halogens is 2. The van der Waals surface area contributed by atoms with E-state index in [0.717, 1.165) is 43.4 Å². The topological polar surface area (TPSA) is 123 Å². The van der Waals surface area contributed by atoms with Gasteiger partial charge in [-0.2, -0.15) is 0 Å². The van der Waals surface area contributed by atoms with Gasteiger partial charge in [0.05, 0.1) is 24.8 Å². The molecule has 0 aromatic heterocycles. The van der Waals surface area contributed by atoms with E-state index in [4.69, 9.17) is 4.74 Å². The van der Waals surface area contributed by atoms with Crippen LogP contribution in [0.5, 0.6) is 5.75 Å². The first-order valence-corrected chi connectivity index (χ1v) is 14.6. The van der Waals surface area contributed by atoms with E-state index in [-0.39, 0.29) is 60.5 Å². The molecule has 3 amide bonds. The van der Waals surface area contributed by atoms with Gasteiger partial charge in [-0.1, -0.05) is 37.5 Å². The second kappa shape index (κ2) is 14.9. The van der Waals surface area contributed by atoms with Crippen LogP contribution in [0.1, 0.15) is 63.5 Å². The Kier molecular flexibility index (Phi) is 12.1. The molecular formula is C29H45Cl2N5O5. The monoisotopic (exact) mass is 613 g/mol. The normalized spacial score (nSPS) is 27.5. The molecule has 0 bridgehead atoms. The molecule has 3 fully saturated rings. The van der Waals surface area contributed by atoms with Crippen LogP contribution >= 0.6 is 24.8 Å². The van der Waals surface area contributed by atoms with Gasteiger partial charge in [-0.15, -0.1) is 24.8 Å². The highest BCUT2D eigenvalue weighted by Crippen LogP contribution is 2.33. The van der Waals surface area contributed by atoms with Crippen LogP contribution in [0.25, 0.3) is 0 Å². The van der Waals surface area contributed by atoms with E-state index in [1.807, 2.05) is 24.3 Å². The van der Waals surface area contributed by atoms with Gasteiger partial charge in [0, 0.05) is 37.7 Å². The van der Waals surface area contributed by atoms with E-state index >= 15 is 0 Å². The van der Waals surface area contributed by atoms with Crippen molar-refractivity contribution in [3.63, 3.8) is 0 Å². The third-order valence-electron chi connectivity index (χ3n) is 9.07. The Balaban J connectivity index is 0.00000231. The number of hydrogen-bond acceptors (Lipinski definition) is 7. The number of carbonyl (C=O) groups is 3. The Hall–Kier alpha value is -2.11. The number of aliphatic hydroxyl groups excluding tert-OH is 1. The fraction of sp³-hybridized carbons (Fsp3) is 0.690. The minimum atomic E-state index is -0.709. The van der Waals surface area contributed by atoms with Crippen molar-refractivity contribution in [3.05, 3.63) is 29.8 Å². The van der Waals surface area contributed by atoms with E-state index in [1.165, 1.54) is 0 Å².